The van der Waals surface area contributed by atoms with Crippen molar-refractivity contribution in [3.63, 3.8) is 0 Å². The molecule has 0 bridgehead atoms. The highest BCUT2D eigenvalue weighted by Crippen LogP contribution is 2.32. The van der Waals surface area contributed by atoms with Gasteiger partial charge in [-0.1, -0.05) is 50.2 Å². The summed E-state index contributed by atoms with van der Waals surface area (Å²) in [7, 11) is 5.83. The summed E-state index contributed by atoms with van der Waals surface area (Å²) in [5, 5.41) is 0. The number of benzene rings is 2. The van der Waals surface area contributed by atoms with Gasteiger partial charge in [-0.2, -0.15) is 0 Å². The van der Waals surface area contributed by atoms with E-state index in [0.29, 0.717) is 5.92 Å². The van der Waals surface area contributed by atoms with E-state index in [9.17, 15) is 0 Å². The van der Waals surface area contributed by atoms with Crippen molar-refractivity contribution in [1.82, 2.24) is 0 Å². The van der Waals surface area contributed by atoms with Crippen molar-refractivity contribution >= 4 is 11.3 Å². The Morgan fingerprint density at radius 3 is 2.07 bits per heavy atom. The smallest absolute Gasteiger partial charge is 0.199 e. The molecule has 0 aliphatic heterocycles. The number of allylic oxidation sites excluding steroid dienone is 5. The van der Waals surface area contributed by atoms with Crippen molar-refractivity contribution in [3.8, 4) is 5.75 Å². The second-order valence-corrected chi connectivity index (χ2v) is 7.32. The molecule has 0 spiro atoms. The van der Waals surface area contributed by atoms with Gasteiger partial charge in [-0.15, -0.1) is 0 Å². The van der Waals surface area contributed by atoms with Gasteiger partial charge in [0.25, 0.3) is 0 Å². The minimum Gasteiger partial charge on any atom is -0.497 e. The van der Waals surface area contributed by atoms with E-state index < -0.39 is 0 Å². The lowest BCUT2D eigenvalue weighted by Gasteiger charge is -2.16. The molecular formula is C25H28NO+. The molecule has 0 fully saturated rings. The second kappa shape index (κ2) is 8.22. The van der Waals surface area contributed by atoms with E-state index in [0.717, 1.165) is 5.75 Å². The molecule has 1 aliphatic carbocycles. The van der Waals surface area contributed by atoms with Gasteiger partial charge in [-0.3, -0.25) is 0 Å². The van der Waals surface area contributed by atoms with E-state index in [1.165, 1.54) is 33.5 Å². The summed E-state index contributed by atoms with van der Waals surface area (Å²) >= 11 is 0. The first-order chi connectivity index (χ1) is 13.0. The fourth-order valence-electron chi connectivity index (χ4n) is 3.24. The van der Waals surface area contributed by atoms with Gasteiger partial charge in [-0.25, -0.2) is 4.58 Å². The summed E-state index contributed by atoms with van der Waals surface area (Å²) in [6.07, 6.45) is 8.75. The van der Waals surface area contributed by atoms with Crippen LogP contribution in [0.15, 0.2) is 78.4 Å². The van der Waals surface area contributed by atoms with E-state index >= 15 is 0 Å². The molecular weight excluding hydrogens is 330 g/mol. The van der Waals surface area contributed by atoms with Crippen LogP contribution in [0.5, 0.6) is 5.75 Å². The Balaban J connectivity index is 2.17. The van der Waals surface area contributed by atoms with Gasteiger partial charge < -0.3 is 4.74 Å². The van der Waals surface area contributed by atoms with E-state index in [2.05, 4.69) is 93.2 Å². The minimum absolute atomic E-state index is 0.498. The first kappa shape index (κ1) is 18.9. The zero-order valence-electron chi connectivity index (χ0n) is 16.9. The van der Waals surface area contributed by atoms with Crippen LogP contribution in [0.4, 0.5) is 0 Å². The summed E-state index contributed by atoms with van der Waals surface area (Å²) < 4.78 is 7.46. The number of methoxy groups -OCH3 is 1. The Bertz CT molecular complexity index is 919. The van der Waals surface area contributed by atoms with Crippen molar-refractivity contribution < 1.29 is 9.31 Å². The maximum atomic E-state index is 5.34. The zero-order chi connectivity index (χ0) is 19.4. The van der Waals surface area contributed by atoms with Crippen LogP contribution in [0.1, 0.15) is 36.5 Å². The van der Waals surface area contributed by atoms with Gasteiger partial charge >= 0.3 is 0 Å². The summed E-state index contributed by atoms with van der Waals surface area (Å²) in [5.74, 6) is 1.37. The summed E-state index contributed by atoms with van der Waals surface area (Å²) in [4.78, 5) is 0. The van der Waals surface area contributed by atoms with Crippen molar-refractivity contribution in [2.24, 2.45) is 0 Å². The molecule has 0 N–H and O–H groups in total. The maximum Gasteiger partial charge on any atom is 0.199 e. The predicted molar refractivity (Wildman–Crippen MR) is 115 cm³/mol. The van der Waals surface area contributed by atoms with Crippen LogP contribution in [-0.2, 0) is 0 Å². The van der Waals surface area contributed by atoms with Crippen LogP contribution in [0.2, 0.25) is 0 Å². The molecule has 0 heterocycles. The largest absolute Gasteiger partial charge is 0.497 e. The van der Waals surface area contributed by atoms with E-state index in [1.54, 1.807) is 7.11 Å². The molecule has 0 unspecified atom stereocenters. The predicted octanol–water partition coefficient (Wildman–Crippen LogP) is 5.46. The van der Waals surface area contributed by atoms with Crippen LogP contribution in [0.25, 0.3) is 5.57 Å². The first-order valence-electron chi connectivity index (χ1n) is 9.39. The molecule has 0 amide bonds. The lowest BCUT2D eigenvalue weighted by atomic mass is 9.89. The second-order valence-electron chi connectivity index (χ2n) is 7.32. The summed E-state index contributed by atoms with van der Waals surface area (Å²) in [6, 6.07) is 17.2. The fourth-order valence-corrected chi connectivity index (χ4v) is 3.24. The number of rotatable bonds is 4. The number of nitrogens with zero attached hydrogens (tertiary/aromatic N) is 1. The van der Waals surface area contributed by atoms with Crippen LogP contribution in [0, 0.1) is 0 Å². The monoisotopic (exact) mass is 358 g/mol. The van der Waals surface area contributed by atoms with Crippen molar-refractivity contribution in [2.75, 3.05) is 21.2 Å². The molecule has 0 radical (unpaired) electrons. The maximum absolute atomic E-state index is 5.34. The summed E-state index contributed by atoms with van der Waals surface area (Å²) in [6.45, 7) is 4.47. The number of hydrogen-bond donors (Lipinski definition) is 0. The van der Waals surface area contributed by atoms with E-state index in [-0.39, 0.29) is 0 Å². The average molecular weight is 359 g/mol. The average Bonchev–Trinajstić information content (AvgIpc) is 2.69. The molecule has 27 heavy (non-hydrogen) atoms. The van der Waals surface area contributed by atoms with Crippen LogP contribution >= 0.6 is 0 Å². The lowest BCUT2D eigenvalue weighted by molar-refractivity contribution is -0.462. The topological polar surface area (TPSA) is 12.2 Å². The molecule has 138 valence electrons. The SMILES string of the molecule is COc1ccc(C(=C2C=CC(=[N+](C)C)C=C2)c2cccc(C(C)C)c2)cc1. The van der Waals surface area contributed by atoms with Gasteiger partial charge in [0.2, 0.25) is 0 Å². The molecule has 2 heteroatoms. The third-order valence-electron chi connectivity index (χ3n) is 4.89. The third-order valence-corrected chi connectivity index (χ3v) is 4.89. The van der Waals surface area contributed by atoms with Gasteiger partial charge in [0.05, 0.1) is 7.11 Å². The molecule has 2 nitrogen and oxygen atoms in total. The Kier molecular flexibility index (Phi) is 5.75. The standard InChI is InChI=1S/C25H28NO/c1-18(2)21-7-6-8-22(17-21)25(20-11-15-24(27-5)16-12-20)19-9-13-23(14-10-19)26(3)4/h6-18H,1-5H3/q+1. The van der Waals surface area contributed by atoms with Gasteiger partial charge in [-0.05, 0) is 58.0 Å². The molecule has 2 aromatic carbocycles. The van der Waals surface area contributed by atoms with Crippen LogP contribution < -0.4 is 4.74 Å². The zero-order valence-corrected chi connectivity index (χ0v) is 16.9. The van der Waals surface area contributed by atoms with Gasteiger partial charge in [0.1, 0.15) is 19.8 Å². The van der Waals surface area contributed by atoms with Gasteiger partial charge in [0.15, 0.2) is 5.71 Å². The Labute approximate surface area is 162 Å². The van der Waals surface area contributed by atoms with Crippen molar-refractivity contribution in [1.29, 1.82) is 0 Å². The van der Waals surface area contributed by atoms with Crippen LogP contribution in [-0.4, -0.2) is 31.5 Å². The van der Waals surface area contributed by atoms with Crippen LogP contribution in [0.3, 0.4) is 0 Å². The fraction of sp³-hybridized carbons (Fsp3) is 0.240. The Morgan fingerprint density at radius 2 is 1.52 bits per heavy atom. The lowest BCUT2D eigenvalue weighted by Crippen LogP contribution is -2.10. The number of ether oxygens (including phenoxy) is 1. The highest BCUT2D eigenvalue weighted by Gasteiger charge is 2.14. The van der Waals surface area contributed by atoms with Gasteiger partial charge in [0, 0.05) is 12.2 Å². The molecule has 0 saturated carbocycles. The molecule has 3 rings (SSSR count). The van der Waals surface area contributed by atoms with E-state index in [4.69, 9.17) is 4.74 Å². The molecule has 0 aromatic heterocycles. The quantitative estimate of drug-likeness (QED) is 0.661. The Hall–Kier alpha value is -2.87. The molecule has 2 aromatic rings. The third kappa shape index (κ3) is 4.28. The molecule has 1 aliphatic rings. The molecule has 0 saturated heterocycles. The Morgan fingerprint density at radius 1 is 0.852 bits per heavy atom. The highest BCUT2D eigenvalue weighted by atomic mass is 16.5. The van der Waals surface area contributed by atoms with E-state index in [1.807, 2.05) is 12.1 Å². The minimum atomic E-state index is 0.498. The highest BCUT2D eigenvalue weighted by molar-refractivity contribution is 6.03. The summed E-state index contributed by atoms with van der Waals surface area (Å²) in [5.41, 5.74) is 7.43. The normalized spacial score (nSPS) is 13.3. The van der Waals surface area contributed by atoms with Crippen molar-refractivity contribution in [2.45, 2.75) is 19.8 Å². The first-order valence-corrected chi connectivity index (χ1v) is 9.39. The van der Waals surface area contributed by atoms with Crippen molar-refractivity contribution in [3.05, 3.63) is 95.1 Å². The molecule has 0 atom stereocenters. The number of hydrogen-bond acceptors (Lipinski definition) is 1.